The fraction of sp³-hybridized carbons (Fsp3) is 0.667. The number of nitrogens with one attached hydrogen (secondary N) is 1. The van der Waals surface area contributed by atoms with Crippen molar-refractivity contribution < 1.29 is 9.84 Å². The minimum Gasteiger partial charge on any atom is -0.491 e. The van der Waals surface area contributed by atoms with Gasteiger partial charge in [-0.1, -0.05) is 26.8 Å². The molecule has 0 bridgehead atoms. The van der Waals surface area contributed by atoms with Gasteiger partial charge in [0, 0.05) is 6.04 Å². The summed E-state index contributed by atoms with van der Waals surface area (Å²) < 4.78 is 5.84. The normalized spacial score (nSPS) is 18.4. The molecule has 1 aromatic rings. The van der Waals surface area contributed by atoms with Crippen LogP contribution in [0.4, 0.5) is 0 Å². The standard InChI is InChI=1S/C18H29NO2/c1-4-18(20,5-2)13-21-15-10-11-16-14(12-15)8-7-9-17(16)19-6-3/h10-12,17,19-20H,4-9,13H2,1-3H3. The number of rotatable bonds is 7. The van der Waals surface area contributed by atoms with Crippen molar-refractivity contribution in [3.05, 3.63) is 29.3 Å². The third-order valence-corrected chi connectivity index (χ3v) is 4.70. The van der Waals surface area contributed by atoms with E-state index >= 15 is 0 Å². The van der Waals surface area contributed by atoms with Crippen molar-refractivity contribution in [3.63, 3.8) is 0 Å². The molecule has 1 unspecified atom stereocenters. The van der Waals surface area contributed by atoms with Crippen molar-refractivity contribution in [2.45, 2.75) is 64.5 Å². The minimum atomic E-state index is -0.706. The van der Waals surface area contributed by atoms with Crippen LogP contribution >= 0.6 is 0 Å². The smallest absolute Gasteiger partial charge is 0.119 e. The van der Waals surface area contributed by atoms with Crippen LogP contribution in [0.3, 0.4) is 0 Å². The van der Waals surface area contributed by atoms with E-state index in [4.69, 9.17) is 4.74 Å². The fourth-order valence-electron chi connectivity index (χ4n) is 3.01. The summed E-state index contributed by atoms with van der Waals surface area (Å²) in [5.74, 6) is 0.881. The Labute approximate surface area is 128 Å². The fourth-order valence-corrected chi connectivity index (χ4v) is 3.01. The highest BCUT2D eigenvalue weighted by molar-refractivity contribution is 5.39. The Kier molecular flexibility index (Phi) is 5.65. The second kappa shape index (κ2) is 7.28. The van der Waals surface area contributed by atoms with Gasteiger partial charge in [0.1, 0.15) is 12.4 Å². The predicted molar refractivity (Wildman–Crippen MR) is 86.8 cm³/mol. The molecule has 118 valence electrons. The summed E-state index contributed by atoms with van der Waals surface area (Å²) in [6, 6.07) is 6.87. The van der Waals surface area contributed by atoms with Crippen LogP contribution < -0.4 is 10.1 Å². The lowest BCUT2D eigenvalue weighted by molar-refractivity contribution is -0.0113. The van der Waals surface area contributed by atoms with E-state index in [0.29, 0.717) is 12.6 Å². The van der Waals surface area contributed by atoms with Gasteiger partial charge >= 0.3 is 0 Å². The van der Waals surface area contributed by atoms with Gasteiger partial charge in [0.05, 0.1) is 5.60 Å². The number of benzene rings is 1. The lowest BCUT2D eigenvalue weighted by Gasteiger charge is -2.28. The first kappa shape index (κ1) is 16.3. The Morgan fingerprint density at radius 1 is 1.29 bits per heavy atom. The van der Waals surface area contributed by atoms with Gasteiger partial charge in [-0.25, -0.2) is 0 Å². The van der Waals surface area contributed by atoms with Gasteiger partial charge in [-0.05, 0) is 61.9 Å². The van der Waals surface area contributed by atoms with E-state index < -0.39 is 5.60 Å². The molecule has 3 nitrogen and oxygen atoms in total. The summed E-state index contributed by atoms with van der Waals surface area (Å²) in [5, 5.41) is 13.9. The topological polar surface area (TPSA) is 41.5 Å². The zero-order valence-corrected chi connectivity index (χ0v) is 13.6. The summed E-state index contributed by atoms with van der Waals surface area (Å²) in [7, 11) is 0. The van der Waals surface area contributed by atoms with E-state index in [2.05, 4.69) is 24.4 Å². The Morgan fingerprint density at radius 2 is 2.05 bits per heavy atom. The van der Waals surface area contributed by atoms with Crippen molar-refractivity contribution >= 4 is 0 Å². The maximum Gasteiger partial charge on any atom is 0.119 e. The molecule has 1 aliphatic rings. The van der Waals surface area contributed by atoms with Crippen LogP contribution in [0.5, 0.6) is 5.75 Å². The molecule has 21 heavy (non-hydrogen) atoms. The summed E-state index contributed by atoms with van der Waals surface area (Å²) in [6.45, 7) is 7.53. The molecule has 2 rings (SSSR count). The van der Waals surface area contributed by atoms with Crippen molar-refractivity contribution in [2.24, 2.45) is 0 Å². The molecule has 0 amide bonds. The Balaban J connectivity index is 2.07. The molecule has 0 radical (unpaired) electrons. The van der Waals surface area contributed by atoms with Gasteiger partial charge in [-0.3, -0.25) is 0 Å². The number of fused-ring (bicyclic) bond motifs is 1. The highest BCUT2D eigenvalue weighted by atomic mass is 16.5. The summed E-state index contributed by atoms with van der Waals surface area (Å²) in [4.78, 5) is 0. The average molecular weight is 291 g/mol. The highest BCUT2D eigenvalue weighted by Crippen LogP contribution is 2.32. The van der Waals surface area contributed by atoms with E-state index in [1.165, 1.54) is 24.0 Å². The third-order valence-electron chi connectivity index (χ3n) is 4.70. The molecule has 0 spiro atoms. The Hall–Kier alpha value is -1.06. The molecule has 1 aromatic carbocycles. The van der Waals surface area contributed by atoms with Crippen LogP contribution in [-0.4, -0.2) is 23.9 Å². The first-order valence-electron chi connectivity index (χ1n) is 8.33. The van der Waals surface area contributed by atoms with Crippen LogP contribution in [0.25, 0.3) is 0 Å². The molecular formula is C18H29NO2. The number of aliphatic hydroxyl groups is 1. The Morgan fingerprint density at radius 3 is 2.71 bits per heavy atom. The molecule has 0 saturated carbocycles. The molecule has 0 aromatic heterocycles. The zero-order valence-electron chi connectivity index (χ0n) is 13.6. The van der Waals surface area contributed by atoms with Crippen LogP contribution in [-0.2, 0) is 6.42 Å². The zero-order chi connectivity index (χ0) is 15.3. The van der Waals surface area contributed by atoms with Gasteiger partial charge in [-0.15, -0.1) is 0 Å². The number of ether oxygens (including phenoxy) is 1. The summed E-state index contributed by atoms with van der Waals surface area (Å²) in [5.41, 5.74) is 2.10. The van der Waals surface area contributed by atoms with E-state index in [1.54, 1.807) is 0 Å². The van der Waals surface area contributed by atoms with E-state index in [0.717, 1.165) is 31.6 Å². The lowest BCUT2D eigenvalue weighted by Crippen LogP contribution is -2.34. The number of hydrogen-bond donors (Lipinski definition) is 2. The maximum atomic E-state index is 10.3. The number of hydrogen-bond acceptors (Lipinski definition) is 3. The van der Waals surface area contributed by atoms with Crippen LogP contribution in [0.2, 0.25) is 0 Å². The van der Waals surface area contributed by atoms with Crippen molar-refractivity contribution in [3.8, 4) is 5.75 Å². The quantitative estimate of drug-likeness (QED) is 0.806. The van der Waals surface area contributed by atoms with Crippen LogP contribution in [0.15, 0.2) is 18.2 Å². The van der Waals surface area contributed by atoms with E-state index in [1.807, 2.05) is 19.9 Å². The van der Waals surface area contributed by atoms with Crippen molar-refractivity contribution in [1.29, 1.82) is 0 Å². The minimum absolute atomic E-state index is 0.370. The largest absolute Gasteiger partial charge is 0.491 e. The molecule has 1 aliphatic carbocycles. The predicted octanol–water partition coefficient (Wildman–Crippen LogP) is 3.60. The molecule has 2 N–H and O–H groups in total. The second-order valence-corrected chi connectivity index (χ2v) is 6.08. The molecule has 0 heterocycles. The highest BCUT2D eigenvalue weighted by Gasteiger charge is 2.24. The van der Waals surface area contributed by atoms with E-state index in [9.17, 15) is 5.11 Å². The molecule has 0 aliphatic heterocycles. The SMILES string of the molecule is CCNC1CCCc2cc(OCC(O)(CC)CC)ccc21. The van der Waals surface area contributed by atoms with Gasteiger partial charge in [0.25, 0.3) is 0 Å². The van der Waals surface area contributed by atoms with Gasteiger partial charge < -0.3 is 15.2 Å². The first-order chi connectivity index (χ1) is 10.1. The monoisotopic (exact) mass is 291 g/mol. The van der Waals surface area contributed by atoms with Crippen LogP contribution in [0.1, 0.15) is 63.6 Å². The lowest BCUT2D eigenvalue weighted by atomic mass is 9.87. The molecular weight excluding hydrogens is 262 g/mol. The maximum absolute atomic E-state index is 10.3. The van der Waals surface area contributed by atoms with Gasteiger partial charge in [0.2, 0.25) is 0 Å². The Bertz CT molecular complexity index is 455. The summed E-state index contributed by atoms with van der Waals surface area (Å²) in [6.07, 6.45) is 5.00. The molecule has 3 heteroatoms. The second-order valence-electron chi connectivity index (χ2n) is 6.08. The first-order valence-corrected chi connectivity index (χ1v) is 8.33. The van der Waals surface area contributed by atoms with Gasteiger partial charge in [-0.2, -0.15) is 0 Å². The van der Waals surface area contributed by atoms with Gasteiger partial charge in [0.15, 0.2) is 0 Å². The van der Waals surface area contributed by atoms with Crippen LogP contribution in [0, 0.1) is 0 Å². The number of aryl methyl sites for hydroxylation is 1. The summed E-state index contributed by atoms with van der Waals surface area (Å²) >= 11 is 0. The molecule has 1 atom stereocenters. The molecule has 0 fully saturated rings. The van der Waals surface area contributed by atoms with Crippen molar-refractivity contribution in [1.82, 2.24) is 5.32 Å². The average Bonchev–Trinajstić information content (AvgIpc) is 2.53. The molecule has 0 saturated heterocycles. The van der Waals surface area contributed by atoms with E-state index in [-0.39, 0.29) is 0 Å². The third kappa shape index (κ3) is 3.98. The van der Waals surface area contributed by atoms with Crippen molar-refractivity contribution in [2.75, 3.05) is 13.2 Å².